The van der Waals surface area contributed by atoms with E-state index in [9.17, 15) is 4.79 Å². The normalized spacial score (nSPS) is 11.4. The average molecular weight is 228 g/mol. The minimum absolute atomic E-state index is 0.171. The predicted octanol–water partition coefficient (Wildman–Crippen LogP) is 1.44. The molecule has 5 heteroatoms. The molecule has 0 atom stereocenters. The highest BCUT2D eigenvalue weighted by molar-refractivity contribution is 5.76. The topological polar surface area (TPSA) is 63.1 Å². The highest BCUT2D eigenvalue weighted by atomic mass is 16.1. The average Bonchev–Trinajstić information content (AvgIpc) is 2.70. The van der Waals surface area contributed by atoms with Crippen molar-refractivity contribution >= 4 is 16.8 Å². The van der Waals surface area contributed by atoms with Crippen LogP contribution in [0, 0.1) is 6.92 Å². The maximum atomic E-state index is 11.9. The third-order valence-electron chi connectivity index (χ3n) is 2.87. The van der Waals surface area contributed by atoms with Crippen molar-refractivity contribution in [3.05, 3.63) is 40.1 Å². The Morgan fingerprint density at radius 3 is 2.94 bits per heavy atom. The Morgan fingerprint density at radius 1 is 1.35 bits per heavy atom. The maximum absolute atomic E-state index is 11.9. The van der Waals surface area contributed by atoms with Gasteiger partial charge in [-0.3, -0.25) is 9.20 Å². The van der Waals surface area contributed by atoms with Crippen molar-refractivity contribution in [3.8, 4) is 0 Å². The first kappa shape index (κ1) is 10.0. The summed E-state index contributed by atoms with van der Waals surface area (Å²) >= 11 is 0. The van der Waals surface area contributed by atoms with E-state index >= 15 is 0 Å². The first-order chi connectivity index (χ1) is 8.20. The predicted molar refractivity (Wildman–Crippen MR) is 65.2 cm³/mol. The van der Waals surface area contributed by atoms with Gasteiger partial charge in [0, 0.05) is 12.6 Å². The quantitative estimate of drug-likeness (QED) is 0.685. The van der Waals surface area contributed by atoms with Crippen LogP contribution >= 0.6 is 0 Å². The van der Waals surface area contributed by atoms with Gasteiger partial charge in [0.2, 0.25) is 0 Å². The van der Waals surface area contributed by atoms with Gasteiger partial charge in [0.15, 0.2) is 11.2 Å². The van der Waals surface area contributed by atoms with Crippen LogP contribution in [0.4, 0.5) is 0 Å². The van der Waals surface area contributed by atoms with E-state index in [-0.39, 0.29) is 5.56 Å². The molecule has 0 saturated carbocycles. The number of hydrogen-bond donors (Lipinski definition) is 1. The molecular weight excluding hydrogens is 216 g/mol. The van der Waals surface area contributed by atoms with E-state index in [1.165, 1.54) is 0 Å². The fraction of sp³-hybridized carbons (Fsp3) is 0.250. The minimum Gasteiger partial charge on any atom is -0.309 e. The number of nitrogens with zero attached hydrogens (tertiary/aromatic N) is 3. The fourth-order valence-electron chi connectivity index (χ4n) is 1.96. The van der Waals surface area contributed by atoms with Crippen LogP contribution in [0.5, 0.6) is 0 Å². The van der Waals surface area contributed by atoms with Crippen LogP contribution in [0.25, 0.3) is 16.8 Å². The van der Waals surface area contributed by atoms with E-state index in [0.29, 0.717) is 23.4 Å². The molecule has 86 valence electrons. The third-order valence-corrected chi connectivity index (χ3v) is 2.87. The van der Waals surface area contributed by atoms with Gasteiger partial charge in [-0.25, -0.2) is 9.97 Å². The molecule has 0 spiro atoms. The molecule has 0 unspecified atom stereocenters. The van der Waals surface area contributed by atoms with E-state index < -0.39 is 0 Å². The van der Waals surface area contributed by atoms with Crippen molar-refractivity contribution in [3.63, 3.8) is 0 Å². The summed E-state index contributed by atoms with van der Waals surface area (Å²) in [6, 6.07) is 3.90. The largest absolute Gasteiger partial charge is 0.309 e. The van der Waals surface area contributed by atoms with Gasteiger partial charge in [-0.1, -0.05) is 13.0 Å². The summed E-state index contributed by atoms with van der Waals surface area (Å²) in [5, 5.41) is 0. The summed E-state index contributed by atoms with van der Waals surface area (Å²) in [4.78, 5) is 23.4. The van der Waals surface area contributed by atoms with Gasteiger partial charge in [0.05, 0.1) is 0 Å². The Labute approximate surface area is 97.1 Å². The highest BCUT2D eigenvalue weighted by Gasteiger charge is 2.11. The van der Waals surface area contributed by atoms with Crippen molar-refractivity contribution in [2.24, 2.45) is 0 Å². The fourth-order valence-corrected chi connectivity index (χ4v) is 1.96. The number of H-pyrrole nitrogens is 1. The molecule has 0 aliphatic rings. The van der Waals surface area contributed by atoms with E-state index in [1.54, 1.807) is 0 Å². The number of pyridine rings is 1. The van der Waals surface area contributed by atoms with Crippen LogP contribution in [-0.2, 0) is 6.42 Å². The summed E-state index contributed by atoms with van der Waals surface area (Å²) < 4.78 is 1.86. The second-order valence-corrected chi connectivity index (χ2v) is 4.04. The smallest absolute Gasteiger partial charge is 0.279 e. The molecule has 0 aliphatic heterocycles. The van der Waals surface area contributed by atoms with E-state index in [4.69, 9.17) is 0 Å². The molecular formula is C12H12N4O. The van der Waals surface area contributed by atoms with Gasteiger partial charge < -0.3 is 4.98 Å². The van der Waals surface area contributed by atoms with Crippen LogP contribution < -0.4 is 5.56 Å². The molecule has 0 radical (unpaired) electrons. The molecule has 17 heavy (non-hydrogen) atoms. The number of fused-ring (bicyclic) bond motifs is 3. The molecule has 3 aromatic heterocycles. The lowest BCUT2D eigenvalue weighted by atomic mass is 10.3. The molecule has 0 aromatic carbocycles. The van der Waals surface area contributed by atoms with Crippen LogP contribution in [0.2, 0.25) is 0 Å². The highest BCUT2D eigenvalue weighted by Crippen LogP contribution is 2.14. The van der Waals surface area contributed by atoms with Gasteiger partial charge in [-0.2, -0.15) is 0 Å². The lowest BCUT2D eigenvalue weighted by molar-refractivity contribution is 0.933. The van der Waals surface area contributed by atoms with E-state index in [0.717, 1.165) is 11.2 Å². The first-order valence-electron chi connectivity index (χ1n) is 5.57. The molecule has 3 heterocycles. The Kier molecular flexibility index (Phi) is 2.01. The van der Waals surface area contributed by atoms with Gasteiger partial charge in [-0.15, -0.1) is 0 Å². The lowest BCUT2D eigenvalue weighted by Crippen LogP contribution is -2.11. The van der Waals surface area contributed by atoms with E-state index in [1.807, 2.05) is 36.6 Å². The number of rotatable bonds is 1. The standard InChI is InChI=1S/C12H12N4O/c1-3-8-13-11-9(12(17)14-8)15-10-7(2)5-4-6-16(10)11/h4-6H,3H2,1-2H3,(H,13,14,17). The number of hydrogen-bond acceptors (Lipinski definition) is 3. The van der Waals surface area contributed by atoms with Gasteiger partial charge >= 0.3 is 0 Å². The van der Waals surface area contributed by atoms with Crippen molar-refractivity contribution in [2.75, 3.05) is 0 Å². The maximum Gasteiger partial charge on any atom is 0.279 e. The number of imidazole rings is 1. The molecule has 5 nitrogen and oxygen atoms in total. The zero-order valence-electron chi connectivity index (χ0n) is 9.69. The zero-order chi connectivity index (χ0) is 12.0. The molecule has 0 bridgehead atoms. The van der Waals surface area contributed by atoms with Gasteiger partial charge in [0.25, 0.3) is 5.56 Å². The van der Waals surface area contributed by atoms with Crippen LogP contribution in [-0.4, -0.2) is 19.4 Å². The Balaban J connectivity index is 2.57. The number of nitrogens with one attached hydrogen (secondary N) is 1. The number of aromatic amines is 1. The Bertz CT molecular complexity index is 769. The molecule has 0 aliphatic carbocycles. The summed E-state index contributed by atoms with van der Waals surface area (Å²) in [5.74, 6) is 0.686. The van der Waals surface area contributed by atoms with Crippen molar-refractivity contribution in [1.82, 2.24) is 19.4 Å². The Hall–Kier alpha value is -2.17. The van der Waals surface area contributed by atoms with Crippen molar-refractivity contribution in [1.29, 1.82) is 0 Å². The molecule has 1 N–H and O–H groups in total. The van der Waals surface area contributed by atoms with Gasteiger partial charge in [-0.05, 0) is 18.6 Å². The monoisotopic (exact) mass is 228 g/mol. The molecule has 3 aromatic rings. The zero-order valence-corrected chi connectivity index (χ0v) is 9.69. The number of aryl methyl sites for hydroxylation is 2. The summed E-state index contributed by atoms with van der Waals surface area (Å²) in [7, 11) is 0. The minimum atomic E-state index is -0.171. The second kappa shape index (κ2) is 3.41. The molecule has 0 saturated heterocycles. The SMILES string of the molecule is CCc1nc2c(nc3c(C)cccn32)c(=O)[nH]1. The molecule has 0 fully saturated rings. The van der Waals surface area contributed by atoms with Crippen molar-refractivity contribution in [2.45, 2.75) is 20.3 Å². The van der Waals surface area contributed by atoms with Crippen LogP contribution in [0.15, 0.2) is 23.1 Å². The summed E-state index contributed by atoms with van der Waals surface area (Å²) in [6.07, 6.45) is 2.58. The number of aromatic nitrogens is 4. The van der Waals surface area contributed by atoms with Gasteiger partial charge in [0.1, 0.15) is 11.5 Å². The summed E-state index contributed by atoms with van der Waals surface area (Å²) in [6.45, 7) is 3.93. The summed E-state index contributed by atoms with van der Waals surface area (Å²) in [5.41, 5.74) is 2.67. The Morgan fingerprint density at radius 2 is 2.18 bits per heavy atom. The third kappa shape index (κ3) is 1.35. The van der Waals surface area contributed by atoms with E-state index in [2.05, 4.69) is 15.0 Å². The van der Waals surface area contributed by atoms with Crippen LogP contribution in [0.1, 0.15) is 18.3 Å². The van der Waals surface area contributed by atoms with Crippen molar-refractivity contribution < 1.29 is 0 Å². The van der Waals surface area contributed by atoms with Crippen LogP contribution in [0.3, 0.4) is 0 Å². The molecule has 0 amide bonds. The second-order valence-electron chi connectivity index (χ2n) is 4.04. The lowest BCUT2D eigenvalue weighted by Gasteiger charge is -1.98. The first-order valence-corrected chi connectivity index (χ1v) is 5.57. The molecule has 3 rings (SSSR count).